The molecule has 0 unspecified atom stereocenters. The van der Waals surface area contributed by atoms with E-state index in [1.54, 1.807) is 0 Å². The van der Waals surface area contributed by atoms with Gasteiger partial charge in [-0.3, -0.25) is 4.79 Å². The lowest BCUT2D eigenvalue weighted by Gasteiger charge is -2.72. The topological polar surface area (TPSA) is 433 Å². The quantitative estimate of drug-likeness (QED) is 0.0448. The number of allylic oxidation sites excluding steroid dienone is 2. The van der Waals surface area contributed by atoms with Crippen molar-refractivity contribution in [2.24, 2.45) is 50.2 Å². The smallest absolute Gasteiger partial charge is 0.315 e. The van der Waals surface area contributed by atoms with E-state index < -0.39 is 220 Å². The van der Waals surface area contributed by atoms with Crippen LogP contribution in [0.5, 0.6) is 0 Å². The molecule has 0 aromatic heterocycles. The van der Waals surface area contributed by atoms with Crippen LogP contribution >= 0.6 is 0 Å². The normalized spacial score (nSPS) is 55.1. The van der Waals surface area contributed by atoms with Crippen LogP contribution in [-0.2, 0) is 52.2 Å². The summed E-state index contributed by atoms with van der Waals surface area (Å²) in [5.74, 6) is -1.37. The van der Waals surface area contributed by atoms with E-state index >= 15 is 4.79 Å². The summed E-state index contributed by atoms with van der Waals surface area (Å²) in [6, 6.07) is 0. The molecule has 0 spiro atoms. The van der Waals surface area contributed by atoms with Crippen molar-refractivity contribution in [2.75, 3.05) is 39.6 Å². The molecule has 27 heteroatoms. The van der Waals surface area contributed by atoms with E-state index in [-0.39, 0.29) is 29.6 Å². The average molecular weight is 1220 g/mol. The van der Waals surface area contributed by atoms with E-state index in [0.29, 0.717) is 51.4 Å². The fourth-order valence-electron chi connectivity index (χ4n) is 17.5. The summed E-state index contributed by atoms with van der Waals surface area (Å²) in [6.45, 7) is 10.4. The first-order chi connectivity index (χ1) is 39.8. The number of ether oxygens (including phenoxy) is 10. The Labute approximate surface area is 493 Å². The van der Waals surface area contributed by atoms with Gasteiger partial charge in [-0.25, -0.2) is 0 Å². The number of hydrogen-bond donors (Lipinski definition) is 16. The van der Waals surface area contributed by atoms with Crippen LogP contribution in [0.15, 0.2) is 11.6 Å². The SMILES string of the molecule is C[C@@H]1O[C@@H](O[C@H]2[C@H](OC(=O)[C@]34CCC(C)(C)C[C@H]3C3=CC[C@@H]5[C@@]6(C)C[C@H](O)[C@H](O[C@@H]7O[C@H](CO)[C@@H](O)[C@H](O)[C@H]7O)[C@@](C)(CO)[C@@H]6CC[C@@]5(C)[C@]3(C)CC4)O[C@H](CO)[C@@H](O)[C@@H]2O)[C@H](O)[C@H](O[C@@H]2OC[C@](O)(CO)[C@H]2O)[C@H]1O[C@@H]1OC[C@@H](O)[C@H](O)[C@H]1O. The number of esters is 1. The summed E-state index contributed by atoms with van der Waals surface area (Å²) < 4.78 is 60.1. The van der Waals surface area contributed by atoms with E-state index in [2.05, 4.69) is 40.7 Å². The van der Waals surface area contributed by atoms with Crippen molar-refractivity contribution < 1.29 is 134 Å². The highest BCUT2D eigenvalue weighted by molar-refractivity contribution is 5.79. The maximum absolute atomic E-state index is 15.6. The van der Waals surface area contributed by atoms with Gasteiger partial charge in [0.05, 0.1) is 63.4 Å². The highest BCUT2D eigenvalue weighted by Gasteiger charge is 2.72. The van der Waals surface area contributed by atoms with Gasteiger partial charge in [0.1, 0.15) is 91.1 Å². The molecular formula is C58H94O27. The first-order valence-corrected chi connectivity index (χ1v) is 30.2. The zero-order chi connectivity index (χ0) is 62.1. The maximum atomic E-state index is 15.6. The first-order valence-electron chi connectivity index (χ1n) is 30.2. The zero-order valence-electron chi connectivity index (χ0n) is 49.3. The lowest BCUT2D eigenvalue weighted by Crippen LogP contribution is -2.69. The van der Waals surface area contributed by atoms with Gasteiger partial charge in [-0.05, 0) is 104 Å². The molecule has 5 saturated heterocycles. The van der Waals surface area contributed by atoms with Crippen molar-refractivity contribution in [1.29, 1.82) is 0 Å². The fraction of sp³-hybridized carbons (Fsp3) is 0.948. The van der Waals surface area contributed by atoms with Crippen molar-refractivity contribution in [1.82, 2.24) is 0 Å². The van der Waals surface area contributed by atoms with Crippen LogP contribution in [0.3, 0.4) is 0 Å². The molecule has 0 bridgehead atoms. The number of carbonyl (C=O) groups excluding carboxylic acids is 1. The third-order valence-electron chi connectivity index (χ3n) is 22.9. The van der Waals surface area contributed by atoms with Crippen LogP contribution in [0, 0.1) is 50.2 Å². The predicted molar refractivity (Wildman–Crippen MR) is 285 cm³/mol. The summed E-state index contributed by atoms with van der Waals surface area (Å²) in [7, 11) is 0. The van der Waals surface area contributed by atoms with Crippen LogP contribution in [0.1, 0.15) is 106 Å². The van der Waals surface area contributed by atoms with Gasteiger partial charge in [0.25, 0.3) is 0 Å². The number of hydrogen-bond acceptors (Lipinski definition) is 27. The van der Waals surface area contributed by atoms with Gasteiger partial charge in [-0.2, -0.15) is 0 Å². The highest BCUT2D eigenvalue weighted by Crippen LogP contribution is 2.76. The monoisotopic (exact) mass is 1220 g/mol. The van der Waals surface area contributed by atoms with Crippen LogP contribution in [-0.4, -0.2) is 274 Å². The molecule has 0 aromatic rings. The molecule has 0 radical (unpaired) electrons. The number of aliphatic hydroxyl groups excluding tert-OH is 15. The van der Waals surface area contributed by atoms with Crippen molar-refractivity contribution in [3.8, 4) is 0 Å². The average Bonchev–Trinajstić information content (AvgIpc) is 0.996. The van der Waals surface area contributed by atoms with E-state index in [1.807, 2.05) is 6.92 Å². The molecule has 5 aliphatic heterocycles. The molecule has 0 aromatic carbocycles. The molecule has 85 heavy (non-hydrogen) atoms. The minimum atomic E-state index is -2.19. The number of aliphatic hydroxyl groups is 16. The molecule has 10 aliphatic rings. The molecule has 488 valence electrons. The molecule has 5 aliphatic carbocycles. The molecular weight excluding hydrogens is 1130 g/mol. The Kier molecular flexibility index (Phi) is 18.7. The first kappa shape index (κ1) is 66.1. The predicted octanol–water partition coefficient (Wildman–Crippen LogP) is -3.96. The Bertz CT molecular complexity index is 2390. The maximum Gasteiger partial charge on any atom is 0.315 e. The summed E-state index contributed by atoms with van der Waals surface area (Å²) in [5.41, 5.74) is -5.17. The fourth-order valence-corrected chi connectivity index (χ4v) is 17.5. The van der Waals surface area contributed by atoms with Crippen molar-refractivity contribution in [2.45, 2.75) is 253 Å². The number of carbonyl (C=O) groups is 1. The Morgan fingerprint density at radius 3 is 1.85 bits per heavy atom. The van der Waals surface area contributed by atoms with Gasteiger partial charge in [-0.15, -0.1) is 0 Å². The Morgan fingerprint density at radius 1 is 0.588 bits per heavy atom. The third-order valence-corrected chi connectivity index (χ3v) is 22.9. The minimum Gasteiger partial charge on any atom is -0.432 e. The lowest BCUT2D eigenvalue weighted by molar-refractivity contribution is -0.385. The zero-order valence-corrected chi connectivity index (χ0v) is 49.3. The van der Waals surface area contributed by atoms with Crippen LogP contribution < -0.4 is 0 Å². The third kappa shape index (κ3) is 10.8. The van der Waals surface area contributed by atoms with Crippen molar-refractivity contribution in [3.05, 3.63) is 11.6 Å². The number of fused-ring (bicyclic) bond motifs is 7. The van der Waals surface area contributed by atoms with E-state index in [1.165, 1.54) is 6.92 Å². The van der Waals surface area contributed by atoms with Gasteiger partial charge in [0, 0.05) is 5.41 Å². The molecule has 0 amide bonds. The van der Waals surface area contributed by atoms with Crippen molar-refractivity contribution >= 4 is 5.97 Å². The minimum absolute atomic E-state index is 0.0604. The second-order valence-corrected chi connectivity index (χ2v) is 28.3. The summed E-state index contributed by atoms with van der Waals surface area (Å²) in [5, 5.41) is 175. The van der Waals surface area contributed by atoms with E-state index in [0.717, 1.165) is 5.57 Å². The second kappa shape index (κ2) is 24.0. The van der Waals surface area contributed by atoms with Crippen molar-refractivity contribution in [3.63, 3.8) is 0 Å². The number of rotatable bonds is 14. The van der Waals surface area contributed by atoms with Gasteiger partial charge < -0.3 is 129 Å². The summed E-state index contributed by atoms with van der Waals surface area (Å²) >= 11 is 0. The van der Waals surface area contributed by atoms with Gasteiger partial charge in [0.15, 0.2) is 31.3 Å². The molecule has 32 atom stereocenters. The Hall–Kier alpha value is -1.79. The van der Waals surface area contributed by atoms with Gasteiger partial charge >= 0.3 is 5.97 Å². The van der Waals surface area contributed by atoms with Crippen LogP contribution in [0.4, 0.5) is 0 Å². The van der Waals surface area contributed by atoms with E-state index in [9.17, 15) is 81.7 Å². The Balaban J connectivity index is 0.917. The van der Waals surface area contributed by atoms with Crippen LogP contribution in [0.2, 0.25) is 0 Å². The molecule has 4 saturated carbocycles. The largest absolute Gasteiger partial charge is 0.432 e. The molecule has 10 rings (SSSR count). The van der Waals surface area contributed by atoms with E-state index in [4.69, 9.17) is 47.4 Å². The van der Waals surface area contributed by atoms with Gasteiger partial charge in [-0.1, -0.05) is 53.2 Å². The second-order valence-electron chi connectivity index (χ2n) is 28.3. The van der Waals surface area contributed by atoms with Crippen LogP contribution in [0.25, 0.3) is 0 Å². The molecule has 27 nitrogen and oxygen atoms in total. The molecule has 5 heterocycles. The standard InChI is InChI=1S/C58H94O27/c1-24-41(81-46-38(70)33(65)28(64)20-76-46)42(82-50-44(73)58(75,22-62)23-77-50)40(72)48(78-24)83-43-37(69)35(67)30(19-60)80-49(43)85-51(74)57-14-12-52(2,3)16-26(57)25-8-9-32-53(4)17-27(63)45(84-47-39(71)36(68)34(66)29(18-59)79-47)54(5,21-61)31(53)10-11-56(32,7)55(25,6)13-15-57/h8,24,26-50,59-73,75H,9-23H2,1-7H3/t24-,26-,27-,28+,29+,30+,31+,32+,33-,34+,35+,36-,37-,38+,39+,40+,41-,42-,43+,44-,45-,46-,47-,48-,49-,50-,53-,54-,55+,56+,57-,58+/m0/s1. The summed E-state index contributed by atoms with van der Waals surface area (Å²) in [6.07, 6.45) is -30.9. The molecule has 16 N–H and O–H groups in total. The highest BCUT2D eigenvalue weighted by atomic mass is 16.8. The lowest BCUT2D eigenvalue weighted by atomic mass is 9.33. The molecule has 9 fully saturated rings. The summed E-state index contributed by atoms with van der Waals surface area (Å²) in [4.78, 5) is 15.6. The Morgan fingerprint density at radius 2 is 1.20 bits per heavy atom. The van der Waals surface area contributed by atoms with Gasteiger partial charge in [0.2, 0.25) is 6.29 Å².